The summed E-state index contributed by atoms with van der Waals surface area (Å²) in [5, 5.41) is 1.12. The number of nitrogens with zero attached hydrogens (tertiary/aromatic N) is 1. The zero-order valence-electron chi connectivity index (χ0n) is 14.5. The molecule has 3 aromatic rings. The number of hydrogen-bond acceptors (Lipinski definition) is 3. The molecule has 0 amide bonds. The Labute approximate surface area is 146 Å². The fourth-order valence-corrected chi connectivity index (χ4v) is 3.75. The summed E-state index contributed by atoms with van der Waals surface area (Å²) in [6, 6.07) is 10.9. The molecule has 1 aromatic carbocycles. The zero-order valence-corrected chi connectivity index (χ0v) is 14.5. The molecular formula is C20H24N4O. The fraction of sp³-hybridized carbons (Fsp3) is 0.350. The van der Waals surface area contributed by atoms with Crippen LogP contribution in [0.5, 0.6) is 0 Å². The summed E-state index contributed by atoms with van der Waals surface area (Å²) in [6.07, 6.45) is 5.44. The third-order valence-electron chi connectivity index (χ3n) is 5.23. The first-order valence-electron chi connectivity index (χ1n) is 8.94. The summed E-state index contributed by atoms with van der Waals surface area (Å²) in [4.78, 5) is 20.6. The monoisotopic (exact) mass is 336 g/mol. The Hall–Kier alpha value is -2.53. The molecule has 0 unspecified atom stereocenters. The maximum atomic E-state index is 12.1. The maximum absolute atomic E-state index is 12.1. The topological polar surface area (TPSA) is 77.9 Å². The molecule has 25 heavy (non-hydrogen) atoms. The molecule has 4 N–H and O–H groups in total. The molecule has 0 saturated carbocycles. The highest BCUT2D eigenvalue weighted by atomic mass is 16.1. The van der Waals surface area contributed by atoms with E-state index in [1.165, 1.54) is 37.6 Å². The number of nitrogens with one attached hydrogen (secondary N) is 2. The Kier molecular flexibility index (Phi) is 4.09. The van der Waals surface area contributed by atoms with E-state index in [9.17, 15) is 4.79 Å². The number of aromatic amines is 2. The molecule has 0 radical (unpaired) electrons. The molecule has 0 bridgehead atoms. The van der Waals surface area contributed by atoms with E-state index < -0.39 is 0 Å². The van der Waals surface area contributed by atoms with Crippen molar-refractivity contribution in [3.8, 4) is 11.3 Å². The van der Waals surface area contributed by atoms with Gasteiger partial charge in [-0.3, -0.25) is 9.69 Å². The summed E-state index contributed by atoms with van der Waals surface area (Å²) in [5.74, 6) is 0. The smallest absolute Gasteiger partial charge is 0.257 e. The Bertz CT molecular complexity index is 956. The van der Waals surface area contributed by atoms with Crippen molar-refractivity contribution in [1.82, 2.24) is 14.9 Å². The van der Waals surface area contributed by atoms with Crippen LogP contribution in [0.1, 0.15) is 31.7 Å². The van der Waals surface area contributed by atoms with Crippen molar-refractivity contribution in [2.24, 2.45) is 0 Å². The standard InChI is InChI=1S/C20H24N4O/c1-13-4-2-3-7-24(13)12-14-5-6-18-15(8-14)9-19(23-18)17-10-16(21)11-22-20(17)25/h5-6,8-11,13,23H,2-4,7,12,21H2,1H3,(H,22,25)/t13-/m0/s1. The summed E-state index contributed by atoms with van der Waals surface area (Å²) in [7, 11) is 0. The second-order valence-electron chi connectivity index (χ2n) is 7.10. The normalized spacial score (nSPS) is 18.7. The van der Waals surface area contributed by atoms with Gasteiger partial charge in [0.25, 0.3) is 5.56 Å². The van der Waals surface area contributed by atoms with Crippen LogP contribution in [0, 0.1) is 0 Å². The minimum Gasteiger partial charge on any atom is -0.398 e. The minimum absolute atomic E-state index is 0.136. The average Bonchev–Trinajstić information content (AvgIpc) is 3.02. The van der Waals surface area contributed by atoms with Crippen LogP contribution >= 0.6 is 0 Å². The number of benzene rings is 1. The van der Waals surface area contributed by atoms with E-state index in [4.69, 9.17) is 5.73 Å². The lowest BCUT2D eigenvalue weighted by molar-refractivity contribution is 0.152. The van der Waals surface area contributed by atoms with Crippen molar-refractivity contribution >= 4 is 16.6 Å². The van der Waals surface area contributed by atoms with Gasteiger partial charge in [-0.15, -0.1) is 0 Å². The van der Waals surface area contributed by atoms with Crippen molar-refractivity contribution < 1.29 is 0 Å². The molecule has 130 valence electrons. The van der Waals surface area contributed by atoms with Crippen LogP contribution in [-0.4, -0.2) is 27.5 Å². The number of pyridine rings is 1. The van der Waals surface area contributed by atoms with Crippen molar-refractivity contribution in [2.75, 3.05) is 12.3 Å². The van der Waals surface area contributed by atoms with E-state index in [2.05, 4.69) is 40.0 Å². The number of H-pyrrole nitrogens is 2. The van der Waals surface area contributed by atoms with Crippen LogP contribution in [0.4, 0.5) is 5.69 Å². The van der Waals surface area contributed by atoms with E-state index in [0.29, 0.717) is 17.3 Å². The lowest BCUT2D eigenvalue weighted by Gasteiger charge is -2.33. The van der Waals surface area contributed by atoms with Crippen LogP contribution < -0.4 is 11.3 Å². The first-order chi connectivity index (χ1) is 12.1. The number of nitrogens with two attached hydrogens (primary N) is 1. The Balaban J connectivity index is 1.65. The van der Waals surface area contributed by atoms with Crippen LogP contribution in [0.3, 0.4) is 0 Å². The van der Waals surface area contributed by atoms with Crippen LogP contribution in [0.25, 0.3) is 22.2 Å². The molecule has 1 atom stereocenters. The van der Waals surface area contributed by atoms with E-state index in [-0.39, 0.29) is 5.56 Å². The van der Waals surface area contributed by atoms with Gasteiger partial charge in [0, 0.05) is 35.4 Å². The summed E-state index contributed by atoms with van der Waals surface area (Å²) >= 11 is 0. The van der Waals surface area contributed by atoms with Gasteiger partial charge < -0.3 is 15.7 Å². The molecule has 3 heterocycles. The molecule has 5 heteroatoms. The lowest BCUT2D eigenvalue weighted by atomic mass is 10.0. The van der Waals surface area contributed by atoms with Gasteiger partial charge in [0.2, 0.25) is 0 Å². The Morgan fingerprint density at radius 1 is 1.24 bits per heavy atom. The second kappa shape index (κ2) is 6.41. The van der Waals surface area contributed by atoms with Crippen molar-refractivity contribution in [3.05, 3.63) is 52.4 Å². The van der Waals surface area contributed by atoms with Gasteiger partial charge in [0.1, 0.15) is 0 Å². The molecule has 0 spiro atoms. The fourth-order valence-electron chi connectivity index (χ4n) is 3.75. The number of nitrogen functional groups attached to an aromatic ring is 1. The minimum atomic E-state index is -0.136. The van der Waals surface area contributed by atoms with Crippen molar-refractivity contribution in [3.63, 3.8) is 0 Å². The van der Waals surface area contributed by atoms with Crippen LogP contribution in [-0.2, 0) is 6.54 Å². The van der Waals surface area contributed by atoms with Crippen LogP contribution in [0.2, 0.25) is 0 Å². The largest absolute Gasteiger partial charge is 0.398 e. The Morgan fingerprint density at radius 2 is 2.12 bits per heavy atom. The number of rotatable bonds is 3. The first-order valence-corrected chi connectivity index (χ1v) is 8.94. The van der Waals surface area contributed by atoms with Crippen molar-refractivity contribution in [2.45, 2.75) is 38.8 Å². The SMILES string of the molecule is C[C@H]1CCCCN1Cc1ccc2[nH]c(-c3cc(N)c[nH]c3=O)cc2c1. The first kappa shape index (κ1) is 16.0. The van der Waals surface area contributed by atoms with Crippen LogP contribution in [0.15, 0.2) is 41.3 Å². The average molecular weight is 336 g/mol. The molecule has 2 aromatic heterocycles. The second-order valence-corrected chi connectivity index (χ2v) is 7.10. The van der Waals surface area contributed by atoms with Gasteiger partial charge in [-0.05, 0) is 56.1 Å². The molecule has 1 saturated heterocycles. The van der Waals surface area contributed by atoms with E-state index >= 15 is 0 Å². The molecule has 0 aliphatic carbocycles. The number of aromatic nitrogens is 2. The van der Waals surface area contributed by atoms with E-state index in [1.807, 2.05) is 6.07 Å². The number of piperidine rings is 1. The predicted octanol–water partition coefficient (Wildman–Crippen LogP) is 3.48. The number of hydrogen-bond donors (Lipinski definition) is 3. The third kappa shape index (κ3) is 3.20. The summed E-state index contributed by atoms with van der Waals surface area (Å²) < 4.78 is 0. The Morgan fingerprint density at radius 3 is 2.96 bits per heavy atom. The maximum Gasteiger partial charge on any atom is 0.257 e. The van der Waals surface area contributed by atoms with Gasteiger partial charge in [-0.1, -0.05) is 12.5 Å². The predicted molar refractivity (Wildman–Crippen MR) is 102 cm³/mol. The number of anilines is 1. The third-order valence-corrected chi connectivity index (χ3v) is 5.23. The van der Waals surface area contributed by atoms with Gasteiger partial charge in [0.05, 0.1) is 11.3 Å². The number of fused-ring (bicyclic) bond motifs is 1. The van der Waals surface area contributed by atoms with Gasteiger partial charge in [0.15, 0.2) is 0 Å². The quantitative estimate of drug-likeness (QED) is 0.685. The lowest BCUT2D eigenvalue weighted by Crippen LogP contribution is -2.36. The number of likely N-dealkylation sites (tertiary alicyclic amines) is 1. The highest BCUT2D eigenvalue weighted by Gasteiger charge is 2.18. The van der Waals surface area contributed by atoms with Crippen molar-refractivity contribution in [1.29, 1.82) is 0 Å². The van der Waals surface area contributed by atoms with E-state index in [0.717, 1.165) is 23.1 Å². The van der Waals surface area contributed by atoms with E-state index in [1.54, 1.807) is 6.07 Å². The molecule has 1 aliphatic rings. The molecule has 5 nitrogen and oxygen atoms in total. The summed E-state index contributed by atoms with van der Waals surface area (Å²) in [5.41, 5.74) is 9.94. The van der Waals surface area contributed by atoms with Gasteiger partial charge in [-0.25, -0.2) is 0 Å². The molecular weight excluding hydrogens is 312 g/mol. The van der Waals surface area contributed by atoms with Gasteiger partial charge in [-0.2, -0.15) is 0 Å². The summed E-state index contributed by atoms with van der Waals surface area (Å²) in [6.45, 7) is 4.48. The van der Waals surface area contributed by atoms with Gasteiger partial charge >= 0.3 is 0 Å². The highest BCUT2D eigenvalue weighted by Crippen LogP contribution is 2.25. The zero-order chi connectivity index (χ0) is 17.4. The molecule has 1 fully saturated rings. The molecule has 4 rings (SSSR count). The molecule has 1 aliphatic heterocycles. The highest BCUT2D eigenvalue weighted by molar-refractivity contribution is 5.86.